The van der Waals surface area contributed by atoms with Crippen molar-refractivity contribution in [3.8, 4) is 0 Å². The van der Waals surface area contributed by atoms with E-state index in [2.05, 4.69) is 26.0 Å². The molecule has 0 spiro atoms. The highest BCUT2D eigenvalue weighted by Crippen LogP contribution is 2.26. The molecule has 7 N–H and O–H groups in total. The van der Waals surface area contributed by atoms with Crippen LogP contribution in [0.15, 0.2) is 12.2 Å². The summed E-state index contributed by atoms with van der Waals surface area (Å²) in [7, 11) is 0. The highest BCUT2D eigenvalue weighted by Gasteiger charge is 2.47. The van der Waals surface area contributed by atoms with Crippen molar-refractivity contribution < 1.29 is 73.8 Å². The highest BCUT2D eigenvalue weighted by molar-refractivity contribution is 5.70. The lowest BCUT2D eigenvalue weighted by Crippen LogP contribution is -2.61. The zero-order valence-electron chi connectivity index (χ0n) is 40.9. The van der Waals surface area contributed by atoms with Gasteiger partial charge in [0.15, 0.2) is 18.7 Å². The molecule has 2 saturated heterocycles. The van der Waals surface area contributed by atoms with Crippen molar-refractivity contribution in [2.45, 2.75) is 274 Å². The lowest BCUT2D eigenvalue weighted by Gasteiger charge is -2.42. The van der Waals surface area contributed by atoms with E-state index >= 15 is 0 Å². The van der Waals surface area contributed by atoms with Gasteiger partial charge in [0.25, 0.3) is 0 Å². The van der Waals surface area contributed by atoms with Gasteiger partial charge in [-0.1, -0.05) is 174 Å². The van der Waals surface area contributed by atoms with Gasteiger partial charge < -0.3 is 64.2 Å². The van der Waals surface area contributed by atoms with Crippen molar-refractivity contribution in [1.29, 1.82) is 0 Å². The van der Waals surface area contributed by atoms with Gasteiger partial charge in [-0.3, -0.25) is 9.59 Å². The molecule has 0 aromatic carbocycles. The van der Waals surface area contributed by atoms with Gasteiger partial charge >= 0.3 is 11.9 Å². The molecular formula is C51H94O15. The minimum Gasteiger partial charge on any atom is -0.462 e. The van der Waals surface area contributed by atoms with E-state index < -0.39 is 92.7 Å². The summed E-state index contributed by atoms with van der Waals surface area (Å²) in [5.41, 5.74) is 0. The zero-order chi connectivity index (χ0) is 48.2. The summed E-state index contributed by atoms with van der Waals surface area (Å²) in [5, 5.41) is 72.1. The number of carbonyl (C=O) groups excluding carboxylic acids is 2. The van der Waals surface area contributed by atoms with Crippen LogP contribution in [-0.2, 0) is 38.0 Å². The van der Waals surface area contributed by atoms with Crippen molar-refractivity contribution in [3.05, 3.63) is 12.2 Å². The Morgan fingerprint density at radius 2 is 0.879 bits per heavy atom. The molecule has 0 bridgehead atoms. The van der Waals surface area contributed by atoms with Gasteiger partial charge in [-0.05, 0) is 32.1 Å². The van der Waals surface area contributed by atoms with Gasteiger partial charge in [0, 0.05) is 12.8 Å². The molecule has 0 aromatic rings. The van der Waals surface area contributed by atoms with Gasteiger partial charge in [-0.15, -0.1) is 0 Å². The number of hydrogen-bond acceptors (Lipinski definition) is 15. The Morgan fingerprint density at radius 1 is 0.470 bits per heavy atom. The first-order chi connectivity index (χ1) is 32.0. The molecular weight excluding hydrogens is 853 g/mol. The molecule has 66 heavy (non-hydrogen) atoms. The monoisotopic (exact) mass is 947 g/mol. The number of aliphatic hydroxyl groups excluding tert-OH is 7. The summed E-state index contributed by atoms with van der Waals surface area (Å²) >= 11 is 0. The fourth-order valence-electron chi connectivity index (χ4n) is 8.38. The summed E-state index contributed by atoms with van der Waals surface area (Å²) in [4.78, 5) is 25.8. The van der Waals surface area contributed by atoms with Crippen LogP contribution < -0.4 is 0 Å². The standard InChI is InChI=1S/C51H94O15/c1-3-5-7-9-11-13-15-17-19-21-23-25-27-29-31-33-42(53)61-36-39(64-43(54)34-32-30-28-26-24-22-20-18-16-14-12-10-8-6-4-2)37-62-50-49(60)47(58)45(56)41(66-50)38-63-51-48(59)46(57)44(55)40(35-52)65-51/h9,11,39-41,44-52,55-60H,3-8,10,12-38H2,1-2H3/b11-9+/t39-,40-,41-,44+,45+,46?,47?,48?,49?,50-,51-/m1/s1. The molecule has 2 heterocycles. The number of rotatable bonds is 41. The largest absolute Gasteiger partial charge is 0.462 e. The van der Waals surface area contributed by atoms with E-state index in [1.165, 1.54) is 128 Å². The Labute approximate surface area is 397 Å². The van der Waals surface area contributed by atoms with Gasteiger partial charge in [-0.25, -0.2) is 0 Å². The number of allylic oxidation sites excluding steroid dienone is 2. The Balaban J connectivity index is 1.80. The lowest BCUT2D eigenvalue weighted by atomic mass is 9.98. The van der Waals surface area contributed by atoms with Crippen LogP contribution in [0, 0.1) is 0 Å². The molecule has 0 saturated carbocycles. The molecule has 0 radical (unpaired) electrons. The van der Waals surface area contributed by atoms with Gasteiger partial charge in [0.2, 0.25) is 0 Å². The quantitative estimate of drug-likeness (QED) is 0.0180. The number of carbonyl (C=O) groups is 2. The number of unbranched alkanes of at least 4 members (excludes halogenated alkanes) is 25. The van der Waals surface area contributed by atoms with Crippen LogP contribution in [0.5, 0.6) is 0 Å². The summed E-state index contributed by atoms with van der Waals surface area (Å²) in [6, 6.07) is 0. The fourth-order valence-corrected chi connectivity index (χ4v) is 8.38. The summed E-state index contributed by atoms with van der Waals surface area (Å²) in [6.07, 6.45) is 20.9. The topological polar surface area (TPSA) is 231 Å². The first kappa shape index (κ1) is 60.4. The second-order valence-corrected chi connectivity index (χ2v) is 18.7. The summed E-state index contributed by atoms with van der Waals surface area (Å²) in [5.74, 6) is -0.917. The van der Waals surface area contributed by atoms with E-state index in [1.807, 2.05) is 0 Å². The maximum Gasteiger partial charge on any atom is 0.306 e. The Bertz CT molecular complexity index is 1210. The van der Waals surface area contributed by atoms with E-state index in [-0.39, 0.29) is 26.1 Å². The average molecular weight is 947 g/mol. The molecule has 0 aliphatic carbocycles. The third-order valence-corrected chi connectivity index (χ3v) is 12.7. The highest BCUT2D eigenvalue weighted by atomic mass is 16.7. The van der Waals surface area contributed by atoms with E-state index in [9.17, 15) is 45.3 Å². The van der Waals surface area contributed by atoms with Gasteiger partial charge in [-0.2, -0.15) is 0 Å². The minimum atomic E-state index is -1.76. The molecule has 11 atom stereocenters. The van der Waals surface area contributed by atoms with E-state index in [0.29, 0.717) is 12.8 Å². The van der Waals surface area contributed by atoms with Gasteiger partial charge in [0.05, 0.1) is 19.8 Å². The smallest absolute Gasteiger partial charge is 0.306 e. The number of hydrogen-bond donors (Lipinski definition) is 7. The average Bonchev–Trinajstić information content (AvgIpc) is 3.31. The maximum absolute atomic E-state index is 13.0. The number of ether oxygens (including phenoxy) is 6. The SMILES string of the molecule is CCCC/C=C/CCCCCCCCCCCC(=O)OC[C@H](CO[C@@H]1O[C@H](CO[C@@H]2O[C@H](CO)[C@H](O)C(O)C2O)[C@H](O)C(O)C1O)OC(=O)CCCCCCCCCCCCCCCCC. The molecule has 15 nitrogen and oxygen atoms in total. The second-order valence-electron chi connectivity index (χ2n) is 18.7. The van der Waals surface area contributed by atoms with E-state index in [4.69, 9.17) is 28.4 Å². The first-order valence-corrected chi connectivity index (χ1v) is 26.3. The molecule has 388 valence electrons. The van der Waals surface area contributed by atoms with Gasteiger partial charge in [0.1, 0.15) is 55.4 Å². The Kier molecular flexibility index (Phi) is 35.7. The second kappa shape index (κ2) is 39.0. The molecule has 2 aliphatic rings. The lowest BCUT2D eigenvalue weighted by molar-refractivity contribution is -0.332. The molecule has 0 amide bonds. The van der Waals surface area contributed by atoms with Crippen molar-refractivity contribution >= 4 is 11.9 Å². The van der Waals surface area contributed by atoms with Crippen LogP contribution in [0.1, 0.15) is 206 Å². The minimum absolute atomic E-state index is 0.171. The normalized spacial score (nSPS) is 26.2. The Hall–Kier alpha value is -1.76. The summed E-state index contributed by atoms with van der Waals surface area (Å²) < 4.78 is 33.6. The third-order valence-electron chi connectivity index (χ3n) is 12.7. The molecule has 2 aliphatic heterocycles. The van der Waals surface area contributed by atoms with E-state index in [0.717, 1.165) is 38.5 Å². The molecule has 4 unspecified atom stereocenters. The fraction of sp³-hybridized carbons (Fsp3) is 0.922. The molecule has 2 rings (SSSR count). The van der Waals surface area contributed by atoms with Crippen LogP contribution in [0.4, 0.5) is 0 Å². The summed E-state index contributed by atoms with van der Waals surface area (Å²) in [6.45, 7) is 2.58. The predicted molar refractivity (Wildman–Crippen MR) is 252 cm³/mol. The molecule has 2 fully saturated rings. The van der Waals surface area contributed by atoms with Crippen molar-refractivity contribution in [1.82, 2.24) is 0 Å². The molecule has 0 aromatic heterocycles. The van der Waals surface area contributed by atoms with Crippen LogP contribution in [-0.4, -0.2) is 142 Å². The van der Waals surface area contributed by atoms with E-state index in [1.54, 1.807) is 0 Å². The van der Waals surface area contributed by atoms with Crippen molar-refractivity contribution in [2.75, 3.05) is 26.4 Å². The number of aliphatic hydroxyl groups is 7. The van der Waals surface area contributed by atoms with Crippen LogP contribution in [0.25, 0.3) is 0 Å². The Morgan fingerprint density at radius 3 is 1.38 bits per heavy atom. The number of esters is 2. The van der Waals surface area contributed by atoms with Crippen LogP contribution in [0.2, 0.25) is 0 Å². The first-order valence-electron chi connectivity index (χ1n) is 26.3. The predicted octanol–water partition coefficient (Wildman–Crippen LogP) is 7.38. The third kappa shape index (κ3) is 26.8. The van der Waals surface area contributed by atoms with Crippen LogP contribution >= 0.6 is 0 Å². The maximum atomic E-state index is 13.0. The van der Waals surface area contributed by atoms with Crippen molar-refractivity contribution in [2.24, 2.45) is 0 Å². The van der Waals surface area contributed by atoms with Crippen LogP contribution in [0.3, 0.4) is 0 Å². The zero-order valence-corrected chi connectivity index (χ0v) is 40.9. The molecule has 15 heteroatoms. The van der Waals surface area contributed by atoms with Crippen molar-refractivity contribution in [3.63, 3.8) is 0 Å².